The Kier molecular flexibility index (Phi) is 4.64. The maximum atomic E-state index is 12.2. The summed E-state index contributed by atoms with van der Waals surface area (Å²) in [4.78, 5) is 19.9. The van der Waals surface area contributed by atoms with Crippen molar-refractivity contribution in [2.75, 3.05) is 21.1 Å². The monoisotopic (exact) mass is 289 g/mol. The molecule has 2 aromatic rings. The second-order valence-electron chi connectivity index (χ2n) is 5.17. The minimum atomic E-state index is -0.308. The standard InChI is InChI=1S/C14H19N5O2/c1-10-6-5-7-15-11(10)8-19(4)14(20)13-17-16-12(21-13)9-18(2)3/h5-7H,8-9H2,1-4H3. The Bertz CT molecular complexity index is 623. The van der Waals surface area contributed by atoms with Gasteiger partial charge in [-0.25, -0.2) is 0 Å². The molecule has 0 fully saturated rings. The summed E-state index contributed by atoms with van der Waals surface area (Å²) in [5.41, 5.74) is 1.89. The lowest BCUT2D eigenvalue weighted by Gasteiger charge is -2.15. The molecule has 2 rings (SSSR count). The number of amides is 1. The van der Waals surface area contributed by atoms with Crippen molar-refractivity contribution in [3.8, 4) is 0 Å². The van der Waals surface area contributed by atoms with E-state index in [-0.39, 0.29) is 11.8 Å². The van der Waals surface area contributed by atoms with Crippen molar-refractivity contribution in [2.45, 2.75) is 20.0 Å². The maximum absolute atomic E-state index is 12.2. The first-order valence-corrected chi connectivity index (χ1v) is 6.60. The van der Waals surface area contributed by atoms with E-state index in [0.717, 1.165) is 11.3 Å². The van der Waals surface area contributed by atoms with Crippen molar-refractivity contribution in [3.05, 3.63) is 41.4 Å². The molecule has 0 aliphatic heterocycles. The molecule has 0 saturated heterocycles. The fourth-order valence-corrected chi connectivity index (χ4v) is 1.82. The molecule has 0 aromatic carbocycles. The normalized spacial score (nSPS) is 10.9. The fourth-order valence-electron chi connectivity index (χ4n) is 1.82. The molecule has 0 N–H and O–H groups in total. The van der Waals surface area contributed by atoms with Gasteiger partial charge in [-0.05, 0) is 32.6 Å². The maximum Gasteiger partial charge on any atom is 0.311 e. The van der Waals surface area contributed by atoms with Crippen molar-refractivity contribution in [2.24, 2.45) is 0 Å². The zero-order valence-electron chi connectivity index (χ0n) is 12.7. The van der Waals surface area contributed by atoms with Gasteiger partial charge in [-0.1, -0.05) is 6.07 Å². The van der Waals surface area contributed by atoms with Crippen molar-refractivity contribution >= 4 is 5.91 Å². The molecule has 0 unspecified atom stereocenters. The first kappa shape index (κ1) is 15.1. The van der Waals surface area contributed by atoms with E-state index < -0.39 is 0 Å². The molecule has 1 amide bonds. The third kappa shape index (κ3) is 3.85. The second kappa shape index (κ2) is 6.45. The Balaban J connectivity index is 2.05. The average molecular weight is 289 g/mol. The van der Waals surface area contributed by atoms with Crippen LogP contribution in [0.15, 0.2) is 22.7 Å². The van der Waals surface area contributed by atoms with E-state index in [2.05, 4.69) is 15.2 Å². The van der Waals surface area contributed by atoms with Gasteiger partial charge >= 0.3 is 11.8 Å². The third-order valence-electron chi connectivity index (χ3n) is 2.95. The van der Waals surface area contributed by atoms with Crippen LogP contribution < -0.4 is 0 Å². The third-order valence-corrected chi connectivity index (χ3v) is 2.95. The molecule has 21 heavy (non-hydrogen) atoms. The number of rotatable bonds is 5. The summed E-state index contributed by atoms with van der Waals surface area (Å²) >= 11 is 0. The van der Waals surface area contributed by atoms with Crippen molar-refractivity contribution in [3.63, 3.8) is 0 Å². The zero-order valence-corrected chi connectivity index (χ0v) is 12.7. The van der Waals surface area contributed by atoms with Gasteiger partial charge in [0.15, 0.2) is 0 Å². The van der Waals surface area contributed by atoms with Crippen LogP contribution in [0.5, 0.6) is 0 Å². The van der Waals surface area contributed by atoms with Crippen molar-refractivity contribution in [1.82, 2.24) is 25.0 Å². The molecule has 0 spiro atoms. The summed E-state index contributed by atoms with van der Waals surface area (Å²) in [6.45, 7) is 2.86. The molecule has 0 saturated carbocycles. The lowest BCUT2D eigenvalue weighted by atomic mass is 10.2. The minimum Gasteiger partial charge on any atom is -0.415 e. The van der Waals surface area contributed by atoms with Gasteiger partial charge in [0.2, 0.25) is 5.89 Å². The summed E-state index contributed by atoms with van der Waals surface area (Å²) in [6, 6.07) is 3.83. The van der Waals surface area contributed by atoms with E-state index in [0.29, 0.717) is 19.0 Å². The summed E-state index contributed by atoms with van der Waals surface area (Å²) in [7, 11) is 5.47. The zero-order chi connectivity index (χ0) is 15.4. The lowest BCUT2D eigenvalue weighted by molar-refractivity contribution is 0.0740. The van der Waals surface area contributed by atoms with Crippen LogP contribution in [-0.2, 0) is 13.1 Å². The number of hydrogen-bond acceptors (Lipinski definition) is 6. The SMILES string of the molecule is Cc1cccnc1CN(C)C(=O)c1nnc(CN(C)C)o1. The molecule has 112 valence electrons. The second-order valence-corrected chi connectivity index (χ2v) is 5.17. The van der Waals surface area contributed by atoms with E-state index in [1.807, 2.05) is 38.1 Å². The molecule has 0 atom stereocenters. The molecule has 7 heteroatoms. The van der Waals surface area contributed by atoms with Gasteiger partial charge in [-0.3, -0.25) is 9.78 Å². The lowest BCUT2D eigenvalue weighted by Crippen LogP contribution is -2.27. The van der Waals surface area contributed by atoms with Crippen molar-refractivity contribution in [1.29, 1.82) is 0 Å². The minimum absolute atomic E-state index is 0.00272. The first-order valence-electron chi connectivity index (χ1n) is 6.60. The Hall–Kier alpha value is -2.28. The van der Waals surface area contributed by atoms with Gasteiger partial charge < -0.3 is 14.2 Å². The van der Waals surface area contributed by atoms with Gasteiger partial charge in [0.25, 0.3) is 0 Å². The number of hydrogen-bond donors (Lipinski definition) is 0. The average Bonchev–Trinajstić information content (AvgIpc) is 2.88. The van der Waals surface area contributed by atoms with Gasteiger partial charge in [0, 0.05) is 13.2 Å². The topological polar surface area (TPSA) is 75.4 Å². The van der Waals surface area contributed by atoms with Crippen molar-refractivity contribution < 1.29 is 9.21 Å². The molecular formula is C14H19N5O2. The van der Waals surface area contributed by atoms with Crippen LogP contribution in [0.25, 0.3) is 0 Å². The molecule has 0 radical (unpaired) electrons. The van der Waals surface area contributed by atoms with E-state index in [4.69, 9.17) is 4.42 Å². The Labute approximate surface area is 123 Å². The number of nitrogens with zero attached hydrogens (tertiary/aromatic N) is 5. The highest BCUT2D eigenvalue weighted by molar-refractivity contribution is 5.89. The smallest absolute Gasteiger partial charge is 0.311 e. The van der Waals surface area contributed by atoms with Gasteiger partial charge in [-0.2, -0.15) is 0 Å². The van der Waals surface area contributed by atoms with Crippen LogP contribution in [0.4, 0.5) is 0 Å². The van der Waals surface area contributed by atoms with Gasteiger partial charge in [-0.15, -0.1) is 10.2 Å². The molecule has 7 nitrogen and oxygen atoms in total. The Morgan fingerprint density at radius 2 is 2.00 bits per heavy atom. The molecule has 0 bridgehead atoms. The molecule has 2 heterocycles. The van der Waals surface area contributed by atoms with E-state index >= 15 is 0 Å². The molecule has 2 aromatic heterocycles. The highest BCUT2D eigenvalue weighted by atomic mass is 16.4. The van der Waals surface area contributed by atoms with Crippen LogP contribution in [0.3, 0.4) is 0 Å². The first-order chi connectivity index (χ1) is 9.97. The number of pyridine rings is 1. The number of carbonyl (C=O) groups is 1. The summed E-state index contributed by atoms with van der Waals surface area (Å²) < 4.78 is 5.37. The van der Waals surface area contributed by atoms with Gasteiger partial charge in [0.05, 0.1) is 18.8 Å². The highest BCUT2D eigenvalue weighted by Crippen LogP contribution is 2.10. The summed E-state index contributed by atoms with van der Waals surface area (Å²) in [5, 5.41) is 7.66. The molecular weight excluding hydrogens is 270 g/mol. The predicted octanol–water partition coefficient (Wildman–Crippen LogP) is 1.11. The van der Waals surface area contributed by atoms with Gasteiger partial charge in [0.1, 0.15) is 0 Å². The fraction of sp³-hybridized carbons (Fsp3) is 0.429. The number of aryl methyl sites for hydroxylation is 1. The van der Waals surface area contributed by atoms with E-state index in [1.54, 1.807) is 13.2 Å². The van der Waals surface area contributed by atoms with Crippen LogP contribution in [0.2, 0.25) is 0 Å². The quantitative estimate of drug-likeness (QED) is 0.820. The molecule has 0 aliphatic rings. The summed E-state index contributed by atoms with van der Waals surface area (Å²) in [5.74, 6) is 0.117. The van der Waals surface area contributed by atoms with Crippen LogP contribution in [-0.4, -0.2) is 52.0 Å². The van der Waals surface area contributed by atoms with Crippen LogP contribution in [0.1, 0.15) is 27.8 Å². The van der Waals surface area contributed by atoms with Crippen LogP contribution >= 0.6 is 0 Å². The summed E-state index contributed by atoms with van der Waals surface area (Å²) in [6.07, 6.45) is 1.71. The Morgan fingerprint density at radius 3 is 2.67 bits per heavy atom. The predicted molar refractivity (Wildman–Crippen MR) is 76.5 cm³/mol. The largest absolute Gasteiger partial charge is 0.415 e. The highest BCUT2D eigenvalue weighted by Gasteiger charge is 2.20. The van der Waals surface area contributed by atoms with E-state index in [9.17, 15) is 4.79 Å². The molecule has 0 aliphatic carbocycles. The Morgan fingerprint density at radius 1 is 1.24 bits per heavy atom. The van der Waals surface area contributed by atoms with E-state index in [1.165, 1.54) is 4.90 Å². The van der Waals surface area contributed by atoms with Crippen LogP contribution in [0, 0.1) is 6.92 Å². The number of carbonyl (C=O) groups excluding carboxylic acids is 1. The number of aromatic nitrogens is 3.